The fourth-order valence-corrected chi connectivity index (χ4v) is 2.52. The predicted molar refractivity (Wildman–Crippen MR) is 83.6 cm³/mol. The Kier molecular flexibility index (Phi) is 5.81. The zero-order valence-corrected chi connectivity index (χ0v) is 12.8. The number of carbonyl (C=O) groups is 1. The van der Waals surface area contributed by atoms with Crippen molar-refractivity contribution in [3.05, 3.63) is 47.7 Å². The van der Waals surface area contributed by atoms with E-state index in [9.17, 15) is 4.79 Å². The van der Waals surface area contributed by atoms with Crippen LogP contribution in [0.25, 0.3) is 0 Å². The fraction of sp³-hybridized carbons (Fsp3) is 0.471. The summed E-state index contributed by atoms with van der Waals surface area (Å²) in [5, 5.41) is 3.04. The Labute approximate surface area is 126 Å². The second-order valence-electron chi connectivity index (χ2n) is 5.67. The van der Waals surface area contributed by atoms with Crippen LogP contribution in [0.5, 0.6) is 0 Å². The Bertz CT molecular complexity index is 485. The molecule has 0 saturated heterocycles. The van der Waals surface area contributed by atoms with Gasteiger partial charge in [-0.3, -0.25) is 4.79 Å². The normalized spacial score (nSPS) is 16.0. The molecular weight excluding hydrogens is 264 g/mol. The maximum absolute atomic E-state index is 12.1. The van der Waals surface area contributed by atoms with Gasteiger partial charge in [0, 0.05) is 19.1 Å². The van der Waals surface area contributed by atoms with E-state index in [1.54, 1.807) is 6.26 Å². The summed E-state index contributed by atoms with van der Waals surface area (Å²) in [4.78, 5) is 14.3. The molecule has 2 rings (SSSR count). The van der Waals surface area contributed by atoms with Crippen LogP contribution in [0.1, 0.15) is 25.3 Å². The van der Waals surface area contributed by atoms with Gasteiger partial charge in [-0.15, -0.1) is 0 Å². The van der Waals surface area contributed by atoms with Crippen molar-refractivity contribution in [3.8, 4) is 0 Å². The third kappa shape index (κ3) is 5.23. The molecule has 1 atom stereocenters. The summed E-state index contributed by atoms with van der Waals surface area (Å²) >= 11 is 0. The molecule has 4 nitrogen and oxygen atoms in total. The van der Waals surface area contributed by atoms with Crippen molar-refractivity contribution in [1.29, 1.82) is 0 Å². The van der Waals surface area contributed by atoms with Gasteiger partial charge < -0.3 is 15.0 Å². The second-order valence-corrected chi connectivity index (χ2v) is 5.67. The van der Waals surface area contributed by atoms with Gasteiger partial charge in [-0.25, -0.2) is 0 Å². The van der Waals surface area contributed by atoms with E-state index in [-0.39, 0.29) is 11.9 Å². The van der Waals surface area contributed by atoms with Crippen LogP contribution < -0.4 is 5.32 Å². The largest absolute Gasteiger partial charge is 0.501 e. The maximum atomic E-state index is 12.1. The van der Waals surface area contributed by atoms with Gasteiger partial charge in [0.25, 0.3) is 5.91 Å². The minimum absolute atomic E-state index is 0.00434. The maximum Gasteiger partial charge on any atom is 0.250 e. The molecule has 0 aromatic heterocycles. The molecule has 0 unspecified atom stereocenters. The number of rotatable bonds is 6. The van der Waals surface area contributed by atoms with E-state index in [0.29, 0.717) is 6.61 Å². The molecule has 114 valence electrons. The van der Waals surface area contributed by atoms with Crippen LogP contribution in [0.2, 0.25) is 0 Å². The van der Waals surface area contributed by atoms with E-state index in [4.69, 9.17) is 4.74 Å². The molecule has 1 N–H and O–H groups in total. The van der Waals surface area contributed by atoms with Crippen molar-refractivity contribution in [2.75, 3.05) is 20.2 Å². The van der Waals surface area contributed by atoms with E-state index in [1.165, 1.54) is 5.56 Å². The molecule has 21 heavy (non-hydrogen) atoms. The molecule has 0 saturated carbocycles. The monoisotopic (exact) mass is 288 g/mol. The third-order valence-corrected chi connectivity index (χ3v) is 3.48. The summed E-state index contributed by atoms with van der Waals surface area (Å²) in [6.07, 6.45) is 3.32. The Morgan fingerprint density at radius 1 is 1.38 bits per heavy atom. The lowest BCUT2D eigenvalue weighted by atomic mass is 10.1. The molecule has 1 heterocycles. The number of amides is 1. The summed E-state index contributed by atoms with van der Waals surface area (Å²) in [6, 6.07) is 10.4. The van der Waals surface area contributed by atoms with Crippen molar-refractivity contribution in [2.45, 2.75) is 32.4 Å². The van der Waals surface area contributed by atoms with Gasteiger partial charge in [0.1, 0.15) is 0 Å². The molecule has 0 aliphatic carbocycles. The number of hydrogen-bond acceptors (Lipinski definition) is 3. The quantitative estimate of drug-likeness (QED) is 0.873. The van der Waals surface area contributed by atoms with Crippen molar-refractivity contribution < 1.29 is 9.53 Å². The number of ether oxygens (including phenoxy) is 1. The second kappa shape index (κ2) is 7.84. The van der Waals surface area contributed by atoms with Gasteiger partial charge in [0.05, 0.1) is 18.4 Å². The highest BCUT2D eigenvalue weighted by atomic mass is 16.5. The first-order chi connectivity index (χ1) is 10.1. The van der Waals surface area contributed by atoms with Gasteiger partial charge >= 0.3 is 0 Å². The number of carbonyl (C=O) groups excluding carboxylic acids is 1. The van der Waals surface area contributed by atoms with E-state index >= 15 is 0 Å². The molecule has 1 aromatic carbocycles. The lowest BCUT2D eigenvalue weighted by Gasteiger charge is -2.23. The predicted octanol–water partition coefficient (Wildman–Crippen LogP) is 2.32. The van der Waals surface area contributed by atoms with Crippen LogP contribution in [-0.4, -0.2) is 37.0 Å². The number of benzene rings is 1. The zero-order chi connectivity index (χ0) is 15.1. The summed E-state index contributed by atoms with van der Waals surface area (Å²) in [5.74, 6) is -0.00434. The lowest BCUT2D eigenvalue weighted by Crippen LogP contribution is -2.41. The average Bonchev–Trinajstić information content (AvgIpc) is 2.48. The van der Waals surface area contributed by atoms with Gasteiger partial charge in [0.2, 0.25) is 0 Å². The molecule has 0 spiro atoms. The van der Waals surface area contributed by atoms with Crippen LogP contribution in [-0.2, 0) is 16.1 Å². The molecule has 1 aromatic rings. The number of hydrogen-bond donors (Lipinski definition) is 1. The molecule has 4 heteroatoms. The molecule has 0 radical (unpaired) electrons. The summed E-state index contributed by atoms with van der Waals surface area (Å²) in [6.45, 7) is 4.44. The lowest BCUT2D eigenvalue weighted by molar-refractivity contribution is -0.118. The average molecular weight is 288 g/mol. The highest BCUT2D eigenvalue weighted by molar-refractivity contribution is 5.93. The number of nitrogens with zero attached hydrogens (tertiary/aromatic N) is 1. The van der Waals surface area contributed by atoms with Gasteiger partial charge in [-0.1, -0.05) is 30.3 Å². The minimum atomic E-state index is -0.00434. The van der Waals surface area contributed by atoms with E-state index < -0.39 is 0 Å². The van der Waals surface area contributed by atoms with Crippen molar-refractivity contribution >= 4 is 5.91 Å². The molecule has 0 bridgehead atoms. The first kappa shape index (κ1) is 15.6. The number of likely N-dealkylation sites (N-methyl/N-ethyl adjacent to an activating group) is 1. The van der Waals surface area contributed by atoms with Gasteiger partial charge in [0.15, 0.2) is 0 Å². The molecule has 0 fully saturated rings. The van der Waals surface area contributed by atoms with Crippen LogP contribution in [0.15, 0.2) is 42.2 Å². The van der Waals surface area contributed by atoms with Crippen LogP contribution in [0, 0.1) is 0 Å². The van der Waals surface area contributed by atoms with E-state index in [1.807, 2.05) is 25.1 Å². The Balaban J connectivity index is 1.77. The summed E-state index contributed by atoms with van der Waals surface area (Å²) in [7, 11) is 2.07. The topological polar surface area (TPSA) is 41.6 Å². The Morgan fingerprint density at radius 2 is 2.14 bits per heavy atom. The highest BCUT2D eigenvalue weighted by Gasteiger charge is 2.16. The van der Waals surface area contributed by atoms with E-state index in [2.05, 4.69) is 29.4 Å². The molecule has 1 amide bonds. The Morgan fingerprint density at radius 3 is 2.81 bits per heavy atom. The zero-order valence-electron chi connectivity index (χ0n) is 12.8. The van der Waals surface area contributed by atoms with Crippen LogP contribution >= 0.6 is 0 Å². The highest BCUT2D eigenvalue weighted by Crippen LogP contribution is 2.12. The fourth-order valence-electron chi connectivity index (χ4n) is 2.52. The van der Waals surface area contributed by atoms with Gasteiger partial charge in [-0.2, -0.15) is 0 Å². The molecular formula is C17H24N2O2. The molecule has 1 aliphatic heterocycles. The summed E-state index contributed by atoms with van der Waals surface area (Å²) in [5.41, 5.74) is 2.03. The summed E-state index contributed by atoms with van der Waals surface area (Å²) < 4.78 is 5.21. The van der Waals surface area contributed by atoms with E-state index in [0.717, 1.165) is 31.5 Å². The van der Waals surface area contributed by atoms with Crippen molar-refractivity contribution in [3.63, 3.8) is 0 Å². The standard InChI is InChI=1S/C17H24N2O2/c1-14(18-17(20)16-9-6-10-21-13-16)11-19(2)12-15-7-4-3-5-8-15/h3-5,7-8,13-14H,6,9-12H2,1-2H3,(H,18,20)/t14-/m0/s1. The first-order valence-electron chi connectivity index (χ1n) is 7.49. The first-order valence-corrected chi connectivity index (χ1v) is 7.49. The SMILES string of the molecule is C[C@@H](CN(C)Cc1ccccc1)NC(=O)C1=COCCC1. The number of nitrogens with one attached hydrogen (secondary N) is 1. The van der Waals surface area contributed by atoms with Crippen LogP contribution in [0.3, 0.4) is 0 Å². The smallest absolute Gasteiger partial charge is 0.250 e. The minimum Gasteiger partial charge on any atom is -0.501 e. The van der Waals surface area contributed by atoms with Crippen molar-refractivity contribution in [1.82, 2.24) is 10.2 Å². The van der Waals surface area contributed by atoms with Crippen LogP contribution in [0.4, 0.5) is 0 Å². The Hall–Kier alpha value is -1.81. The van der Waals surface area contributed by atoms with Crippen molar-refractivity contribution in [2.24, 2.45) is 0 Å². The third-order valence-electron chi connectivity index (χ3n) is 3.48. The molecule has 1 aliphatic rings. The van der Waals surface area contributed by atoms with Gasteiger partial charge in [-0.05, 0) is 32.4 Å².